The fraction of sp³-hybridized carbons (Fsp3) is 0.111. The molecule has 1 amide bonds. The molecule has 4 nitrogen and oxygen atoms in total. The molecule has 86 valence electrons. The molecule has 0 aromatic heterocycles. The molecular formula is C9H6F3NO3. The largest absolute Gasteiger partial charge is 0.478 e. The van der Waals surface area contributed by atoms with Crippen molar-refractivity contribution in [1.29, 1.82) is 0 Å². The number of amides is 1. The van der Waals surface area contributed by atoms with E-state index < -0.39 is 18.1 Å². The van der Waals surface area contributed by atoms with Crippen LogP contribution in [0.2, 0.25) is 0 Å². The van der Waals surface area contributed by atoms with Gasteiger partial charge in [-0.05, 0) is 24.3 Å². The molecule has 7 heteroatoms. The van der Waals surface area contributed by atoms with Gasteiger partial charge in [0, 0.05) is 5.69 Å². The zero-order chi connectivity index (χ0) is 12.3. The molecule has 0 aliphatic carbocycles. The van der Waals surface area contributed by atoms with E-state index in [-0.39, 0.29) is 11.3 Å². The highest BCUT2D eigenvalue weighted by molar-refractivity contribution is 5.95. The predicted molar refractivity (Wildman–Crippen MR) is 48.1 cm³/mol. The average molecular weight is 239 g/mol. The van der Waals surface area contributed by atoms with Crippen molar-refractivity contribution in [2.75, 3.05) is 5.32 Å². The second kappa shape index (κ2) is 4.21. The van der Waals surface area contributed by atoms with E-state index in [0.29, 0.717) is 0 Å². The topological polar surface area (TPSA) is 66.4 Å². The minimum atomic E-state index is -4.97. The minimum Gasteiger partial charge on any atom is -0.478 e. The van der Waals surface area contributed by atoms with Crippen LogP contribution < -0.4 is 5.32 Å². The Hall–Kier alpha value is -2.05. The van der Waals surface area contributed by atoms with Crippen molar-refractivity contribution in [3.63, 3.8) is 0 Å². The van der Waals surface area contributed by atoms with E-state index in [0.717, 1.165) is 24.3 Å². The fourth-order valence-electron chi connectivity index (χ4n) is 0.898. The minimum absolute atomic E-state index is 0.0787. The number of carboxylic acids is 1. The first-order valence-corrected chi connectivity index (χ1v) is 4.02. The third-order valence-corrected chi connectivity index (χ3v) is 1.65. The molecule has 1 aromatic rings. The summed E-state index contributed by atoms with van der Waals surface area (Å²) in [6, 6.07) is 4.34. The lowest BCUT2D eigenvalue weighted by atomic mass is 10.6. The Morgan fingerprint density at radius 1 is 1.12 bits per heavy atom. The van der Waals surface area contributed by atoms with E-state index in [1.807, 2.05) is 0 Å². The number of hydrogen-bond donors (Lipinski definition) is 2. The summed E-state index contributed by atoms with van der Waals surface area (Å²) in [5.74, 6) is -3.30. The zero-order valence-corrected chi connectivity index (χ0v) is 7.71. The first-order chi connectivity index (χ1) is 7.30. The van der Waals surface area contributed by atoms with E-state index in [1.165, 1.54) is 0 Å². The standard InChI is InChI=1S/C9H6F3NO3/c10-9(11,12)8(16)13-6-3-1-5(2-4-6)7(14)15/h1-4H,(H,13,16)(H,14,15)/i1+1,2+1,3+1,4+1,5+1,6+1. The van der Waals surface area contributed by atoms with Gasteiger partial charge in [0.05, 0.1) is 5.56 Å². The molecule has 0 fully saturated rings. The highest BCUT2D eigenvalue weighted by atomic mass is 19.4. The smallest absolute Gasteiger partial charge is 0.471 e. The zero-order valence-electron chi connectivity index (χ0n) is 7.71. The van der Waals surface area contributed by atoms with Gasteiger partial charge < -0.3 is 10.4 Å². The number of carboxylic acid groups (broad SMARTS) is 1. The predicted octanol–water partition coefficient (Wildman–Crippen LogP) is 1.89. The molecule has 0 spiro atoms. The maximum Gasteiger partial charge on any atom is 0.471 e. The van der Waals surface area contributed by atoms with Gasteiger partial charge in [-0.3, -0.25) is 4.79 Å². The third-order valence-electron chi connectivity index (χ3n) is 1.65. The summed E-state index contributed by atoms with van der Waals surface area (Å²) >= 11 is 0. The molecule has 2 N–H and O–H groups in total. The Labute approximate surface area is 87.7 Å². The quantitative estimate of drug-likeness (QED) is 0.828. The van der Waals surface area contributed by atoms with Crippen molar-refractivity contribution in [3.8, 4) is 0 Å². The molecule has 0 heterocycles. The van der Waals surface area contributed by atoms with E-state index in [9.17, 15) is 22.8 Å². The van der Waals surface area contributed by atoms with Gasteiger partial charge in [-0.25, -0.2) is 4.79 Å². The van der Waals surface area contributed by atoms with E-state index in [1.54, 1.807) is 5.32 Å². The van der Waals surface area contributed by atoms with Crippen LogP contribution in [0.25, 0.3) is 0 Å². The second-order valence-electron chi connectivity index (χ2n) is 2.83. The maximum absolute atomic E-state index is 11.8. The van der Waals surface area contributed by atoms with Gasteiger partial charge in [0.1, 0.15) is 0 Å². The lowest BCUT2D eigenvalue weighted by molar-refractivity contribution is -0.167. The SMILES string of the molecule is O=C(O)[13c]1[13cH][13cH][13c](NC(=O)C(F)(F)F)[13cH][13cH]1. The lowest BCUT2D eigenvalue weighted by Gasteiger charge is -2.07. The Kier molecular flexibility index (Phi) is 3.17. The number of benzene rings is 1. The highest BCUT2D eigenvalue weighted by Gasteiger charge is 2.38. The van der Waals surface area contributed by atoms with Crippen LogP contribution in [0, 0.1) is 0 Å². The average Bonchev–Trinajstić information content (AvgIpc) is 2.17. The summed E-state index contributed by atoms with van der Waals surface area (Å²) in [6.45, 7) is 0. The molecule has 0 unspecified atom stereocenters. The number of carbonyl (C=O) groups is 2. The Morgan fingerprint density at radius 3 is 2.00 bits per heavy atom. The molecule has 16 heavy (non-hydrogen) atoms. The van der Waals surface area contributed by atoms with Crippen molar-refractivity contribution in [1.82, 2.24) is 0 Å². The summed E-state index contributed by atoms with van der Waals surface area (Å²) in [4.78, 5) is 20.9. The first kappa shape index (κ1) is 12.0. The fourth-order valence-corrected chi connectivity index (χ4v) is 0.898. The molecule has 0 aliphatic rings. The van der Waals surface area contributed by atoms with Gasteiger partial charge in [-0.2, -0.15) is 13.2 Å². The van der Waals surface area contributed by atoms with Crippen LogP contribution in [0.5, 0.6) is 0 Å². The Balaban J connectivity index is 2.77. The highest BCUT2D eigenvalue weighted by Crippen LogP contribution is 2.18. The lowest BCUT2D eigenvalue weighted by Crippen LogP contribution is -2.29. The van der Waals surface area contributed by atoms with Crippen LogP contribution >= 0.6 is 0 Å². The van der Waals surface area contributed by atoms with Crippen LogP contribution in [0.4, 0.5) is 18.9 Å². The normalized spacial score (nSPS) is 10.9. The number of aromatic carboxylic acids is 1. The summed E-state index contributed by atoms with van der Waals surface area (Å²) in [5.41, 5.74) is -0.197. The Morgan fingerprint density at radius 2 is 1.62 bits per heavy atom. The van der Waals surface area contributed by atoms with Crippen molar-refractivity contribution in [2.45, 2.75) is 6.18 Å². The van der Waals surface area contributed by atoms with Gasteiger partial charge in [-0.15, -0.1) is 0 Å². The second-order valence-corrected chi connectivity index (χ2v) is 2.83. The van der Waals surface area contributed by atoms with E-state index in [4.69, 9.17) is 5.11 Å². The summed E-state index contributed by atoms with van der Waals surface area (Å²) in [7, 11) is 0. The van der Waals surface area contributed by atoms with Gasteiger partial charge in [0.2, 0.25) is 0 Å². The molecule has 0 aliphatic heterocycles. The van der Waals surface area contributed by atoms with E-state index in [2.05, 4.69) is 0 Å². The van der Waals surface area contributed by atoms with Crippen LogP contribution in [0.15, 0.2) is 24.3 Å². The van der Waals surface area contributed by atoms with Gasteiger partial charge in [0.25, 0.3) is 0 Å². The maximum atomic E-state index is 11.8. The monoisotopic (exact) mass is 239 g/mol. The van der Waals surface area contributed by atoms with Crippen LogP contribution in [0.3, 0.4) is 0 Å². The molecule has 0 saturated carbocycles. The molecule has 0 saturated heterocycles. The van der Waals surface area contributed by atoms with Crippen LogP contribution in [0.1, 0.15) is 10.4 Å². The number of carbonyl (C=O) groups excluding carboxylic acids is 1. The van der Waals surface area contributed by atoms with Crippen molar-refractivity contribution < 1.29 is 27.9 Å². The molecule has 0 atom stereocenters. The summed E-state index contributed by atoms with van der Waals surface area (Å²) in [5, 5.41) is 10.1. The summed E-state index contributed by atoms with van der Waals surface area (Å²) in [6.07, 6.45) is -4.97. The van der Waals surface area contributed by atoms with Crippen LogP contribution in [-0.4, -0.2) is 23.2 Å². The van der Waals surface area contributed by atoms with Crippen molar-refractivity contribution >= 4 is 17.6 Å². The van der Waals surface area contributed by atoms with E-state index >= 15 is 0 Å². The van der Waals surface area contributed by atoms with Gasteiger partial charge in [-0.1, -0.05) is 0 Å². The molecule has 0 radical (unpaired) electrons. The van der Waals surface area contributed by atoms with Gasteiger partial charge >= 0.3 is 18.1 Å². The molecule has 0 bridgehead atoms. The summed E-state index contributed by atoms with van der Waals surface area (Å²) < 4.78 is 35.5. The molecule has 1 rings (SSSR count). The van der Waals surface area contributed by atoms with Crippen LogP contribution in [-0.2, 0) is 4.79 Å². The number of rotatable bonds is 2. The first-order valence-electron chi connectivity index (χ1n) is 4.02. The number of nitrogens with one attached hydrogen (secondary N) is 1. The number of hydrogen-bond acceptors (Lipinski definition) is 2. The third kappa shape index (κ3) is 2.97. The van der Waals surface area contributed by atoms with Crippen molar-refractivity contribution in [2.24, 2.45) is 0 Å². The number of halogens is 3. The van der Waals surface area contributed by atoms with Gasteiger partial charge in [0.15, 0.2) is 0 Å². The number of anilines is 1. The Bertz CT molecular complexity index is 411. The molecule has 1 aromatic carbocycles. The van der Waals surface area contributed by atoms with Crippen molar-refractivity contribution in [3.05, 3.63) is 29.8 Å². The number of alkyl halides is 3. The molecular weight excluding hydrogens is 233 g/mol.